The van der Waals surface area contributed by atoms with Gasteiger partial charge in [-0.3, -0.25) is 14.1 Å². The molecule has 0 saturated carbocycles. The fraction of sp³-hybridized carbons (Fsp3) is 0.300. The molecule has 0 atom stereocenters. The van der Waals surface area contributed by atoms with Crippen LogP contribution in [0.3, 0.4) is 0 Å². The molecule has 1 fully saturated rings. The van der Waals surface area contributed by atoms with Crippen LogP contribution in [0.4, 0.5) is 18.9 Å². The smallest absolute Gasteiger partial charge is 0.369 e. The second-order valence-electron chi connectivity index (χ2n) is 6.83. The third kappa shape index (κ3) is 3.87. The number of hydrogen-bond acceptors (Lipinski definition) is 4. The monoisotopic (exact) mass is 388 g/mol. The molecule has 1 aliphatic rings. The van der Waals surface area contributed by atoms with Gasteiger partial charge < -0.3 is 4.90 Å². The number of halogens is 3. The molecule has 4 rings (SSSR count). The topological polar surface area (TPSA) is 40.9 Å². The molecule has 146 valence electrons. The lowest BCUT2D eigenvalue weighted by Gasteiger charge is -2.36. The Hall–Kier alpha value is -2.87. The lowest BCUT2D eigenvalue weighted by atomic mass is 10.1. The van der Waals surface area contributed by atoms with Crippen LogP contribution in [-0.4, -0.2) is 40.5 Å². The average Bonchev–Trinajstić information content (AvgIpc) is 2.68. The van der Waals surface area contributed by atoms with Crippen LogP contribution in [0.25, 0.3) is 5.65 Å². The first-order valence-electron chi connectivity index (χ1n) is 9.02. The predicted molar refractivity (Wildman–Crippen MR) is 100 cm³/mol. The highest BCUT2D eigenvalue weighted by molar-refractivity contribution is 5.49. The maximum atomic E-state index is 12.9. The van der Waals surface area contributed by atoms with Gasteiger partial charge in [0.2, 0.25) is 0 Å². The standard InChI is InChI=1S/C20H19F3N4O/c21-20(22,23)15-4-3-5-17(12-15)26-10-8-25(9-11-26)14-16-13-19(28)27-7-2-1-6-18(27)24-16/h1-7,12-13H,8-11,14H2. The van der Waals surface area contributed by atoms with Crippen LogP contribution in [-0.2, 0) is 12.7 Å². The van der Waals surface area contributed by atoms with Gasteiger partial charge in [0.15, 0.2) is 0 Å². The van der Waals surface area contributed by atoms with Crippen molar-refractivity contribution in [3.8, 4) is 0 Å². The van der Waals surface area contributed by atoms with Gasteiger partial charge in [-0.1, -0.05) is 12.1 Å². The molecule has 1 aliphatic heterocycles. The van der Waals surface area contributed by atoms with E-state index in [0.29, 0.717) is 49.8 Å². The Bertz CT molecular complexity index is 1040. The molecule has 5 nitrogen and oxygen atoms in total. The number of hydrogen-bond donors (Lipinski definition) is 0. The molecule has 1 aromatic carbocycles. The number of pyridine rings is 1. The van der Waals surface area contributed by atoms with E-state index >= 15 is 0 Å². The van der Waals surface area contributed by atoms with Gasteiger partial charge in [-0.05, 0) is 30.3 Å². The van der Waals surface area contributed by atoms with E-state index in [1.807, 2.05) is 11.0 Å². The molecule has 3 heterocycles. The number of anilines is 1. The van der Waals surface area contributed by atoms with Crippen LogP contribution in [0.5, 0.6) is 0 Å². The molecule has 0 bridgehead atoms. The van der Waals surface area contributed by atoms with Crippen LogP contribution in [0.1, 0.15) is 11.3 Å². The number of nitrogens with zero attached hydrogens (tertiary/aromatic N) is 4. The molecule has 0 radical (unpaired) electrons. The van der Waals surface area contributed by atoms with Crippen molar-refractivity contribution in [3.63, 3.8) is 0 Å². The summed E-state index contributed by atoms with van der Waals surface area (Å²) in [5.41, 5.74) is 1.13. The van der Waals surface area contributed by atoms with Crippen molar-refractivity contribution in [1.29, 1.82) is 0 Å². The number of alkyl halides is 3. The fourth-order valence-corrected chi connectivity index (χ4v) is 3.46. The lowest BCUT2D eigenvalue weighted by molar-refractivity contribution is -0.137. The zero-order valence-corrected chi connectivity index (χ0v) is 15.1. The van der Waals surface area contributed by atoms with Gasteiger partial charge in [-0.25, -0.2) is 4.98 Å². The fourth-order valence-electron chi connectivity index (χ4n) is 3.46. The van der Waals surface area contributed by atoms with Crippen molar-refractivity contribution in [2.75, 3.05) is 31.1 Å². The van der Waals surface area contributed by atoms with Crippen molar-refractivity contribution in [3.05, 3.63) is 76.3 Å². The maximum absolute atomic E-state index is 12.9. The van der Waals surface area contributed by atoms with Crippen LogP contribution in [0.2, 0.25) is 0 Å². The highest BCUT2D eigenvalue weighted by Crippen LogP contribution is 2.31. The summed E-state index contributed by atoms with van der Waals surface area (Å²) in [5, 5.41) is 0. The molecule has 0 N–H and O–H groups in total. The summed E-state index contributed by atoms with van der Waals surface area (Å²) in [7, 11) is 0. The molecule has 0 amide bonds. The average molecular weight is 388 g/mol. The Morgan fingerprint density at radius 3 is 2.50 bits per heavy atom. The Kier molecular flexibility index (Phi) is 4.80. The first-order valence-corrected chi connectivity index (χ1v) is 9.02. The summed E-state index contributed by atoms with van der Waals surface area (Å²) in [6, 6.07) is 12.4. The van der Waals surface area contributed by atoms with E-state index in [4.69, 9.17) is 0 Å². The van der Waals surface area contributed by atoms with E-state index in [2.05, 4.69) is 9.88 Å². The van der Waals surface area contributed by atoms with Crippen LogP contribution in [0, 0.1) is 0 Å². The Morgan fingerprint density at radius 1 is 0.964 bits per heavy atom. The molecule has 0 unspecified atom stereocenters. The number of rotatable bonds is 3. The highest BCUT2D eigenvalue weighted by Gasteiger charge is 2.31. The van der Waals surface area contributed by atoms with Crippen LogP contribution in [0.15, 0.2) is 59.5 Å². The number of fused-ring (bicyclic) bond motifs is 1. The SMILES string of the molecule is O=c1cc(CN2CCN(c3cccc(C(F)(F)F)c3)CC2)nc2ccccn12. The van der Waals surface area contributed by atoms with E-state index in [1.165, 1.54) is 22.6 Å². The Balaban J connectivity index is 1.43. The molecule has 3 aromatic rings. The van der Waals surface area contributed by atoms with Gasteiger partial charge >= 0.3 is 6.18 Å². The van der Waals surface area contributed by atoms with E-state index in [0.717, 1.165) is 6.07 Å². The van der Waals surface area contributed by atoms with Crippen molar-refractivity contribution in [2.45, 2.75) is 12.7 Å². The molecule has 1 saturated heterocycles. The van der Waals surface area contributed by atoms with Crippen molar-refractivity contribution < 1.29 is 13.2 Å². The maximum Gasteiger partial charge on any atom is 0.416 e. The van der Waals surface area contributed by atoms with Crippen molar-refractivity contribution in [2.24, 2.45) is 0 Å². The van der Waals surface area contributed by atoms with Gasteiger partial charge in [-0.15, -0.1) is 0 Å². The number of aromatic nitrogens is 2. The third-order valence-corrected chi connectivity index (χ3v) is 4.92. The van der Waals surface area contributed by atoms with Gasteiger partial charge in [0.1, 0.15) is 5.65 Å². The zero-order chi connectivity index (χ0) is 19.7. The van der Waals surface area contributed by atoms with Gasteiger partial charge in [0, 0.05) is 50.7 Å². The minimum atomic E-state index is -4.34. The first kappa shape index (κ1) is 18.5. The minimum Gasteiger partial charge on any atom is -0.369 e. The lowest BCUT2D eigenvalue weighted by Crippen LogP contribution is -2.46. The number of piperazine rings is 1. The molecule has 2 aromatic heterocycles. The summed E-state index contributed by atoms with van der Waals surface area (Å²) in [4.78, 5) is 20.8. The van der Waals surface area contributed by atoms with E-state index < -0.39 is 11.7 Å². The zero-order valence-electron chi connectivity index (χ0n) is 15.1. The molecule has 8 heteroatoms. The molecular formula is C20H19F3N4O. The summed E-state index contributed by atoms with van der Waals surface area (Å²) in [6.45, 7) is 3.15. The van der Waals surface area contributed by atoms with Crippen molar-refractivity contribution >= 4 is 11.3 Å². The highest BCUT2D eigenvalue weighted by atomic mass is 19.4. The van der Waals surface area contributed by atoms with Gasteiger partial charge in [0.25, 0.3) is 5.56 Å². The normalized spacial score (nSPS) is 15.9. The quantitative estimate of drug-likeness (QED) is 0.692. The second kappa shape index (κ2) is 7.27. The number of benzene rings is 1. The van der Waals surface area contributed by atoms with Crippen LogP contribution >= 0.6 is 0 Å². The van der Waals surface area contributed by atoms with Crippen molar-refractivity contribution in [1.82, 2.24) is 14.3 Å². The minimum absolute atomic E-state index is 0.122. The van der Waals surface area contributed by atoms with E-state index in [1.54, 1.807) is 24.4 Å². The predicted octanol–water partition coefficient (Wildman–Crippen LogP) is 3.04. The summed E-state index contributed by atoms with van der Waals surface area (Å²) in [5.74, 6) is 0. The molecular weight excluding hydrogens is 369 g/mol. The summed E-state index contributed by atoms with van der Waals surface area (Å²) >= 11 is 0. The van der Waals surface area contributed by atoms with Gasteiger partial charge in [-0.2, -0.15) is 13.2 Å². The third-order valence-electron chi connectivity index (χ3n) is 4.92. The largest absolute Gasteiger partial charge is 0.416 e. The van der Waals surface area contributed by atoms with E-state index in [-0.39, 0.29) is 5.56 Å². The Morgan fingerprint density at radius 2 is 1.75 bits per heavy atom. The Labute approximate surface area is 159 Å². The molecule has 0 spiro atoms. The van der Waals surface area contributed by atoms with Gasteiger partial charge in [0.05, 0.1) is 11.3 Å². The van der Waals surface area contributed by atoms with Crippen LogP contribution < -0.4 is 10.5 Å². The molecule has 0 aliphatic carbocycles. The van der Waals surface area contributed by atoms with E-state index in [9.17, 15) is 18.0 Å². The summed E-state index contributed by atoms with van der Waals surface area (Å²) < 4.78 is 40.3. The molecule has 28 heavy (non-hydrogen) atoms. The first-order chi connectivity index (χ1) is 13.4. The second-order valence-corrected chi connectivity index (χ2v) is 6.83. The summed E-state index contributed by atoms with van der Waals surface area (Å²) in [6.07, 6.45) is -2.66.